The first-order valence-corrected chi connectivity index (χ1v) is 9.50. The number of carbonyl (C=O) groups is 2. The molecular formula is C19H28ClN3O3. The van der Waals surface area contributed by atoms with Gasteiger partial charge in [-0.15, -0.1) is 0 Å². The molecule has 1 aliphatic rings. The maximum Gasteiger partial charge on any atom is 0.263 e. The van der Waals surface area contributed by atoms with Crippen LogP contribution in [0.4, 0.5) is 0 Å². The Hall–Kier alpha value is -1.79. The highest BCUT2D eigenvalue weighted by molar-refractivity contribution is 6.32. The number of nitrogens with one attached hydrogen (secondary N) is 1. The van der Waals surface area contributed by atoms with Crippen LogP contribution in [-0.4, -0.2) is 48.5 Å². The first kappa shape index (κ1) is 20.5. The summed E-state index contributed by atoms with van der Waals surface area (Å²) < 4.78 is 5.83. The fourth-order valence-corrected chi connectivity index (χ4v) is 3.29. The molecule has 1 heterocycles. The van der Waals surface area contributed by atoms with Gasteiger partial charge in [-0.1, -0.05) is 17.7 Å². The minimum Gasteiger partial charge on any atom is -0.479 e. The number of benzene rings is 1. The SMILES string of the molecule is Cc1ccc(Cl)c(OC(C)C(=O)N2CCCCC2CNC(=O)CCN)c1. The van der Waals surface area contributed by atoms with Crippen LogP contribution >= 0.6 is 11.6 Å². The van der Waals surface area contributed by atoms with Gasteiger partial charge >= 0.3 is 0 Å². The van der Waals surface area contributed by atoms with Crippen LogP contribution < -0.4 is 15.8 Å². The lowest BCUT2D eigenvalue weighted by Gasteiger charge is -2.37. The highest BCUT2D eigenvalue weighted by Crippen LogP contribution is 2.27. The Kier molecular flexibility index (Phi) is 7.72. The first-order chi connectivity index (χ1) is 12.4. The number of carbonyl (C=O) groups excluding carboxylic acids is 2. The first-order valence-electron chi connectivity index (χ1n) is 9.12. The van der Waals surface area contributed by atoms with E-state index < -0.39 is 6.10 Å². The molecule has 0 aliphatic carbocycles. The zero-order chi connectivity index (χ0) is 19.1. The van der Waals surface area contributed by atoms with E-state index in [1.54, 1.807) is 13.0 Å². The van der Waals surface area contributed by atoms with Gasteiger partial charge in [0.05, 0.1) is 5.02 Å². The number of amides is 2. The molecule has 1 aromatic rings. The predicted molar refractivity (Wildman–Crippen MR) is 102 cm³/mol. The summed E-state index contributed by atoms with van der Waals surface area (Å²) in [5.74, 6) is 0.346. The number of halogens is 1. The third-order valence-electron chi connectivity index (χ3n) is 4.55. The van der Waals surface area contributed by atoms with Gasteiger partial charge in [0.1, 0.15) is 5.75 Å². The van der Waals surface area contributed by atoms with E-state index in [1.165, 1.54) is 0 Å². The smallest absolute Gasteiger partial charge is 0.263 e. The van der Waals surface area contributed by atoms with Crippen molar-refractivity contribution in [2.45, 2.75) is 51.7 Å². The van der Waals surface area contributed by atoms with E-state index in [-0.39, 0.29) is 17.9 Å². The van der Waals surface area contributed by atoms with Gasteiger partial charge in [-0.25, -0.2) is 0 Å². The summed E-state index contributed by atoms with van der Waals surface area (Å²) in [4.78, 5) is 26.4. The molecule has 0 radical (unpaired) electrons. The Morgan fingerprint density at radius 3 is 2.92 bits per heavy atom. The molecule has 2 amide bonds. The average molecular weight is 382 g/mol. The van der Waals surface area contributed by atoms with E-state index in [1.807, 2.05) is 24.0 Å². The van der Waals surface area contributed by atoms with E-state index in [9.17, 15) is 9.59 Å². The van der Waals surface area contributed by atoms with Crippen molar-refractivity contribution < 1.29 is 14.3 Å². The number of nitrogens with two attached hydrogens (primary N) is 1. The van der Waals surface area contributed by atoms with Crippen molar-refractivity contribution in [1.29, 1.82) is 0 Å². The molecule has 1 saturated heterocycles. The van der Waals surface area contributed by atoms with Crippen LogP contribution in [0.15, 0.2) is 18.2 Å². The molecule has 7 heteroatoms. The molecule has 144 valence electrons. The fraction of sp³-hybridized carbons (Fsp3) is 0.579. The summed E-state index contributed by atoms with van der Waals surface area (Å²) in [6, 6.07) is 5.47. The Morgan fingerprint density at radius 2 is 2.19 bits per heavy atom. The Bertz CT molecular complexity index is 638. The lowest BCUT2D eigenvalue weighted by atomic mass is 10.0. The highest BCUT2D eigenvalue weighted by atomic mass is 35.5. The van der Waals surface area contributed by atoms with Crippen molar-refractivity contribution in [2.75, 3.05) is 19.6 Å². The van der Waals surface area contributed by atoms with Crippen LogP contribution in [0.3, 0.4) is 0 Å². The third kappa shape index (κ3) is 5.61. The van der Waals surface area contributed by atoms with E-state index in [4.69, 9.17) is 22.1 Å². The second-order valence-electron chi connectivity index (χ2n) is 6.72. The molecule has 2 rings (SSSR count). The number of ether oxygens (including phenoxy) is 1. The van der Waals surface area contributed by atoms with Gasteiger partial charge in [-0.3, -0.25) is 9.59 Å². The number of rotatable bonds is 7. The Balaban J connectivity index is 1.99. The highest BCUT2D eigenvalue weighted by Gasteiger charge is 2.31. The van der Waals surface area contributed by atoms with E-state index in [0.29, 0.717) is 36.8 Å². The summed E-state index contributed by atoms with van der Waals surface area (Å²) in [6.07, 6.45) is 2.52. The van der Waals surface area contributed by atoms with Crippen LogP contribution in [-0.2, 0) is 9.59 Å². The molecule has 2 unspecified atom stereocenters. The maximum absolute atomic E-state index is 12.9. The molecule has 1 aromatic carbocycles. The summed E-state index contributed by atoms with van der Waals surface area (Å²) >= 11 is 6.17. The lowest BCUT2D eigenvalue weighted by Crippen LogP contribution is -2.53. The molecule has 3 N–H and O–H groups in total. The quantitative estimate of drug-likeness (QED) is 0.758. The summed E-state index contributed by atoms with van der Waals surface area (Å²) in [5.41, 5.74) is 6.41. The van der Waals surface area contributed by atoms with Gasteiger partial charge in [-0.2, -0.15) is 0 Å². The van der Waals surface area contributed by atoms with Gasteiger partial charge in [0.25, 0.3) is 5.91 Å². The van der Waals surface area contributed by atoms with E-state index in [2.05, 4.69) is 5.32 Å². The van der Waals surface area contributed by atoms with Crippen molar-refractivity contribution in [2.24, 2.45) is 5.73 Å². The van der Waals surface area contributed by atoms with Crippen molar-refractivity contribution in [3.05, 3.63) is 28.8 Å². The van der Waals surface area contributed by atoms with Crippen LogP contribution in [0, 0.1) is 6.92 Å². The summed E-state index contributed by atoms with van der Waals surface area (Å²) in [7, 11) is 0. The number of likely N-dealkylation sites (tertiary alicyclic amines) is 1. The second kappa shape index (κ2) is 9.78. The molecule has 0 spiro atoms. The van der Waals surface area contributed by atoms with Crippen LogP contribution in [0.2, 0.25) is 5.02 Å². The van der Waals surface area contributed by atoms with Gasteiger partial charge in [0.15, 0.2) is 6.10 Å². The van der Waals surface area contributed by atoms with Crippen LogP contribution in [0.25, 0.3) is 0 Å². The van der Waals surface area contributed by atoms with E-state index >= 15 is 0 Å². The fourth-order valence-electron chi connectivity index (χ4n) is 3.13. The van der Waals surface area contributed by atoms with Gasteiger partial charge in [-0.05, 0) is 50.8 Å². The Labute approximate surface area is 160 Å². The van der Waals surface area contributed by atoms with Gasteiger partial charge in [0.2, 0.25) is 5.91 Å². The van der Waals surface area contributed by atoms with Crippen molar-refractivity contribution in [3.8, 4) is 5.75 Å². The van der Waals surface area contributed by atoms with Gasteiger partial charge < -0.3 is 20.7 Å². The minimum atomic E-state index is -0.644. The number of piperidine rings is 1. The number of nitrogens with zero attached hydrogens (tertiary/aromatic N) is 1. The van der Waals surface area contributed by atoms with E-state index in [0.717, 1.165) is 24.8 Å². The van der Waals surface area contributed by atoms with Crippen LogP contribution in [0.5, 0.6) is 5.75 Å². The largest absolute Gasteiger partial charge is 0.479 e. The molecule has 6 nitrogen and oxygen atoms in total. The Morgan fingerprint density at radius 1 is 1.42 bits per heavy atom. The summed E-state index contributed by atoms with van der Waals surface area (Å²) in [6.45, 7) is 5.12. The monoisotopic (exact) mass is 381 g/mol. The predicted octanol–water partition coefficient (Wildman–Crippen LogP) is 2.26. The average Bonchev–Trinajstić information content (AvgIpc) is 2.63. The standard InChI is InChI=1S/C19H28ClN3O3/c1-13-6-7-16(20)17(11-13)26-14(2)19(25)23-10-4-3-5-15(23)12-22-18(24)8-9-21/h6-7,11,14-15H,3-5,8-10,12,21H2,1-2H3,(H,22,24). The zero-order valence-corrected chi connectivity index (χ0v) is 16.2. The topological polar surface area (TPSA) is 84.7 Å². The molecule has 0 bridgehead atoms. The molecular weight excluding hydrogens is 354 g/mol. The number of aryl methyl sites for hydroxylation is 1. The minimum absolute atomic E-state index is 0.0167. The van der Waals surface area contributed by atoms with Gasteiger partial charge in [0, 0.05) is 32.1 Å². The zero-order valence-electron chi connectivity index (χ0n) is 15.5. The molecule has 1 fully saturated rings. The molecule has 1 aliphatic heterocycles. The third-order valence-corrected chi connectivity index (χ3v) is 4.87. The number of hydrogen-bond acceptors (Lipinski definition) is 4. The number of hydrogen-bond donors (Lipinski definition) is 2. The second-order valence-corrected chi connectivity index (χ2v) is 7.13. The lowest BCUT2D eigenvalue weighted by molar-refractivity contribution is -0.142. The summed E-state index contributed by atoms with van der Waals surface area (Å²) in [5, 5.41) is 3.35. The van der Waals surface area contributed by atoms with Crippen molar-refractivity contribution in [3.63, 3.8) is 0 Å². The molecule has 0 saturated carbocycles. The molecule has 0 aromatic heterocycles. The molecule has 2 atom stereocenters. The maximum atomic E-state index is 12.9. The molecule has 26 heavy (non-hydrogen) atoms. The van der Waals surface area contributed by atoms with Crippen LogP contribution in [0.1, 0.15) is 38.2 Å². The normalized spacial score (nSPS) is 18.3. The van der Waals surface area contributed by atoms with Crippen molar-refractivity contribution in [1.82, 2.24) is 10.2 Å². The van der Waals surface area contributed by atoms with Crippen molar-refractivity contribution >= 4 is 23.4 Å².